The van der Waals surface area contributed by atoms with Crippen molar-refractivity contribution in [3.8, 4) is 0 Å². The van der Waals surface area contributed by atoms with E-state index >= 15 is 0 Å². The molecule has 0 saturated heterocycles. The largest absolute Gasteiger partial charge is 0.325 e. The third kappa shape index (κ3) is 5.87. The molecule has 0 saturated carbocycles. The molecular formula is C27H21FN2O2S. The lowest BCUT2D eigenvalue weighted by molar-refractivity contribution is -0.115. The molecule has 33 heavy (non-hydrogen) atoms. The molecule has 4 rings (SSSR count). The van der Waals surface area contributed by atoms with Gasteiger partial charge >= 0.3 is 0 Å². The Hall–Kier alpha value is -3.90. The van der Waals surface area contributed by atoms with Crippen LogP contribution in [0.3, 0.4) is 0 Å². The van der Waals surface area contributed by atoms with Crippen molar-refractivity contribution in [3.63, 3.8) is 0 Å². The lowest BCUT2D eigenvalue weighted by Gasteiger charge is -2.17. The van der Waals surface area contributed by atoms with E-state index < -0.39 is 17.0 Å². The standard InChI is InChI=1S/C27H21FN2O2S/c28-24-14-8-7-13-23(24)26(31)29-21-15-17-22(18-16-21)33-25(19-9-3-1-4-10-19)27(32)30-20-11-5-2-6-12-20/h1-18,25H,(H,29,31)(H,30,32). The molecular weight excluding hydrogens is 435 g/mol. The summed E-state index contributed by atoms with van der Waals surface area (Å²) < 4.78 is 13.8. The van der Waals surface area contributed by atoms with E-state index in [-0.39, 0.29) is 11.5 Å². The summed E-state index contributed by atoms with van der Waals surface area (Å²) >= 11 is 1.41. The van der Waals surface area contributed by atoms with Gasteiger partial charge in [0.25, 0.3) is 5.91 Å². The molecule has 2 amide bonds. The zero-order chi connectivity index (χ0) is 23.0. The molecule has 0 bridgehead atoms. The number of carbonyl (C=O) groups excluding carboxylic acids is 2. The Morgan fingerprint density at radius 2 is 1.24 bits per heavy atom. The van der Waals surface area contributed by atoms with Gasteiger partial charge in [-0.3, -0.25) is 9.59 Å². The quantitative estimate of drug-likeness (QED) is 0.310. The van der Waals surface area contributed by atoms with Crippen molar-refractivity contribution in [1.82, 2.24) is 0 Å². The van der Waals surface area contributed by atoms with Gasteiger partial charge in [-0.05, 0) is 54.1 Å². The summed E-state index contributed by atoms with van der Waals surface area (Å²) in [6.45, 7) is 0. The maximum Gasteiger partial charge on any atom is 0.258 e. The second-order valence-electron chi connectivity index (χ2n) is 7.22. The number of halogens is 1. The second-order valence-corrected chi connectivity index (χ2v) is 8.40. The molecule has 6 heteroatoms. The summed E-state index contributed by atoms with van der Waals surface area (Å²) in [7, 11) is 0. The molecule has 4 aromatic rings. The lowest BCUT2D eigenvalue weighted by atomic mass is 10.1. The molecule has 0 aromatic heterocycles. The molecule has 0 heterocycles. The number of para-hydroxylation sites is 1. The van der Waals surface area contributed by atoms with E-state index in [2.05, 4.69) is 10.6 Å². The summed E-state index contributed by atoms with van der Waals surface area (Å²) in [6.07, 6.45) is 0. The normalized spacial score (nSPS) is 11.4. The number of rotatable bonds is 7. The summed E-state index contributed by atoms with van der Waals surface area (Å²) in [6, 6.07) is 31.8. The number of carbonyl (C=O) groups is 2. The third-order valence-electron chi connectivity index (χ3n) is 4.87. The Balaban J connectivity index is 1.49. The highest BCUT2D eigenvalue weighted by molar-refractivity contribution is 8.00. The number of nitrogens with one attached hydrogen (secondary N) is 2. The monoisotopic (exact) mass is 456 g/mol. The molecule has 0 radical (unpaired) electrons. The molecule has 0 aliphatic carbocycles. The lowest BCUT2D eigenvalue weighted by Crippen LogP contribution is -2.19. The SMILES string of the molecule is O=C(Nc1ccc(SC(C(=O)Nc2ccccc2)c2ccccc2)cc1)c1ccccc1F. The van der Waals surface area contributed by atoms with E-state index in [9.17, 15) is 14.0 Å². The average molecular weight is 457 g/mol. The van der Waals surface area contributed by atoms with E-state index in [1.807, 2.05) is 72.8 Å². The van der Waals surface area contributed by atoms with Gasteiger partial charge in [0.2, 0.25) is 5.91 Å². The Labute approximate surface area is 195 Å². The maximum atomic E-state index is 13.8. The maximum absolute atomic E-state index is 13.8. The topological polar surface area (TPSA) is 58.2 Å². The van der Waals surface area contributed by atoms with Crippen molar-refractivity contribution >= 4 is 35.0 Å². The van der Waals surface area contributed by atoms with Crippen LogP contribution in [0.5, 0.6) is 0 Å². The first-order chi connectivity index (χ1) is 16.1. The van der Waals surface area contributed by atoms with Crippen molar-refractivity contribution in [2.45, 2.75) is 10.1 Å². The molecule has 0 aliphatic heterocycles. The van der Waals surface area contributed by atoms with Crippen LogP contribution in [0, 0.1) is 5.82 Å². The first-order valence-corrected chi connectivity index (χ1v) is 11.2. The first-order valence-electron chi connectivity index (χ1n) is 10.3. The van der Waals surface area contributed by atoms with Gasteiger partial charge in [0.05, 0.1) is 5.56 Å². The predicted octanol–water partition coefficient (Wildman–Crippen LogP) is 6.55. The van der Waals surface area contributed by atoms with Crippen LogP contribution in [0.1, 0.15) is 21.2 Å². The van der Waals surface area contributed by atoms with E-state index in [0.717, 1.165) is 16.1 Å². The number of thioether (sulfide) groups is 1. The molecule has 4 nitrogen and oxygen atoms in total. The summed E-state index contributed by atoms with van der Waals surface area (Å²) in [5, 5.41) is 5.20. The molecule has 1 unspecified atom stereocenters. The van der Waals surface area contributed by atoms with Gasteiger partial charge in [0.15, 0.2) is 0 Å². The average Bonchev–Trinajstić information content (AvgIpc) is 2.85. The number of hydrogen-bond acceptors (Lipinski definition) is 3. The fourth-order valence-electron chi connectivity index (χ4n) is 3.23. The van der Waals surface area contributed by atoms with Crippen LogP contribution in [-0.4, -0.2) is 11.8 Å². The van der Waals surface area contributed by atoms with Crippen LogP contribution in [-0.2, 0) is 4.79 Å². The van der Waals surface area contributed by atoms with Crippen molar-refractivity contribution in [1.29, 1.82) is 0 Å². The van der Waals surface area contributed by atoms with Gasteiger partial charge in [0.1, 0.15) is 11.1 Å². The minimum atomic E-state index is -0.572. The van der Waals surface area contributed by atoms with Gasteiger partial charge in [-0.25, -0.2) is 4.39 Å². The van der Waals surface area contributed by atoms with Crippen molar-refractivity contribution in [2.75, 3.05) is 10.6 Å². The minimum Gasteiger partial charge on any atom is -0.325 e. The number of hydrogen-bond donors (Lipinski definition) is 2. The third-order valence-corrected chi connectivity index (χ3v) is 6.13. The van der Waals surface area contributed by atoms with Crippen LogP contribution in [0.25, 0.3) is 0 Å². The Morgan fingerprint density at radius 3 is 1.91 bits per heavy atom. The Morgan fingerprint density at radius 1 is 0.667 bits per heavy atom. The molecule has 0 fully saturated rings. The van der Waals surface area contributed by atoms with E-state index in [1.54, 1.807) is 18.2 Å². The number of benzene rings is 4. The fraction of sp³-hybridized carbons (Fsp3) is 0.0370. The Bertz CT molecular complexity index is 1230. The van der Waals surface area contributed by atoms with Crippen LogP contribution in [0.2, 0.25) is 0 Å². The minimum absolute atomic E-state index is 0.0160. The first kappa shape index (κ1) is 22.3. The highest BCUT2D eigenvalue weighted by Gasteiger charge is 2.22. The number of anilines is 2. The van der Waals surface area contributed by atoms with Gasteiger partial charge in [0, 0.05) is 16.3 Å². The van der Waals surface area contributed by atoms with Crippen LogP contribution >= 0.6 is 11.8 Å². The van der Waals surface area contributed by atoms with E-state index in [4.69, 9.17) is 0 Å². The number of amides is 2. The van der Waals surface area contributed by atoms with Gasteiger partial charge in [-0.1, -0.05) is 60.7 Å². The fourth-order valence-corrected chi connectivity index (χ4v) is 4.25. The van der Waals surface area contributed by atoms with Crippen molar-refractivity contribution < 1.29 is 14.0 Å². The van der Waals surface area contributed by atoms with Crippen LogP contribution in [0.4, 0.5) is 15.8 Å². The molecule has 2 N–H and O–H groups in total. The van der Waals surface area contributed by atoms with E-state index in [0.29, 0.717) is 5.69 Å². The predicted molar refractivity (Wildman–Crippen MR) is 131 cm³/mol. The van der Waals surface area contributed by atoms with E-state index in [1.165, 1.54) is 30.0 Å². The van der Waals surface area contributed by atoms with Gasteiger partial charge in [-0.2, -0.15) is 0 Å². The summed E-state index contributed by atoms with van der Waals surface area (Å²) in [5.41, 5.74) is 2.14. The molecule has 1 atom stereocenters. The highest BCUT2D eigenvalue weighted by Crippen LogP contribution is 2.36. The second kappa shape index (κ2) is 10.6. The van der Waals surface area contributed by atoms with Crippen molar-refractivity contribution in [2.24, 2.45) is 0 Å². The van der Waals surface area contributed by atoms with Gasteiger partial charge in [-0.15, -0.1) is 11.8 Å². The van der Waals surface area contributed by atoms with Crippen LogP contribution in [0.15, 0.2) is 114 Å². The zero-order valence-electron chi connectivity index (χ0n) is 17.6. The smallest absolute Gasteiger partial charge is 0.258 e. The van der Waals surface area contributed by atoms with Gasteiger partial charge < -0.3 is 10.6 Å². The summed E-state index contributed by atoms with van der Waals surface area (Å²) in [5.74, 6) is -1.22. The van der Waals surface area contributed by atoms with Crippen LogP contribution < -0.4 is 10.6 Å². The summed E-state index contributed by atoms with van der Waals surface area (Å²) in [4.78, 5) is 26.3. The molecule has 0 spiro atoms. The molecule has 0 aliphatic rings. The molecule has 164 valence electrons. The molecule has 4 aromatic carbocycles. The Kier molecular flexibility index (Phi) is 7.17. The van der Waals surface area contributed by atoms with Crippen molar-refractivity contribution in [3.05, 3.63) is 126 Å². The zero-order valence-corrected chi connectivity index (χ0v) is 18.4. The highest BCUT2D eigenvalue weighted by atomic mass is 32.2.